The maximum Gasteiger partial charge on any atom is 0.435 e. The summed E-state index contributed by atoms with van der Waals surface area (Å²) in [6.45, 7) is 3.24. The molecular weight excluding hydrogens is 454 g/mol. The van der Waals surface area contributed by atoms with Crippen molar-refractivity contribution in [2.45, 2.75) is 32.0 Å². The molecule has 0 radical (unpaired) electrons. The van der Waals surface area contributed by atoms with E-state index in [-0.39, 0.29) is 31.8 Å². The monoisotopic (exact) mass is 474 g/mol. The van der Waals surface area contributed by atoms with Gasteiger partial charge in [0, 0.05) is 46.1 Å². The summed E-state index contributed by atoms with van der Waals surface area (Å²) in [5.41, 5.74) is 1.99. The van der Waals surface area contributed by atoms with Crippen molar-refractivity contribution in [2.24, 2.45) is 5.16 Å². The van der Waals surface area contributed by atoms with E-state index >= 15 is 0 Å². The summed E-state index contributed by atoms with van der Waals surface area (Å²) < 4.78 is 42.6. The number of nitrogens with one attached hydrogen (secondary N) is 1. The highest BCUT2D eigenvalue weighted by Crippen LogP contribution is 2.49. The van der Waals surface area contributed by atoms with Crippen LogP contribution in [0.5, 0.6) is 0 Å². The molecule has 0 saturated heterocycles. The number of hydrogen-bond acceptors (Lipinski definition) is 3. The fourth-order valence-corrected chi connectivity index (χ4v) is 4.22. The van der Waals surface area contributed by atoms with Crippen molar-refractivity contribution in [1.29, 1.82) is 0 Å². The second-order valence-electron chi connectivity index (χ2n) is 7.91. The normalized spacial score (nSPS) is 19.1. The van der Waals surface area contributed by atoms with Crippen LogP contribution in [-0.2, 0) is 15.2 Å². The molecule has 1 aliphatic heterocycles. The highest BCUT2D eigenvalue weighted by atomic mass is 35.5. The third kappa shape index (κ3) is 4.51. The van der Waals surface area contributed by atoms with Crippen LogP contribution in [0.2, 0.25) is 10.0 Å². The van der Waals surface area contributed by atoms with Crippen molar-refractivity contribution in [3.8, 4) is 0 Å². The van der Waals surface area contributed by atoms with Crippen LogP contribution < -0.4 is 10.0 Å². The number of hydrogen-bond donors (Lipinski definition) is 1. The molecule has 3 rings (SSSR count). The highest BCUT2D eigenvalue weighted by molar-refractivity contribution is 6.34. The number of oxime groups is 1. The minimum absolute atomic E-state index is 0.0114. The van der Waals surface area contributed by atoms with Crippen LogP contribution in [0.4, 0.5) is 18.9 Å². The van der Waals surface area contributed by atoms with Gasteiger partial charge in [-0.05, 0) is 25.1 Å². The Hall–Kier alpha value is -2.29. The Bertz CT molecular complexity index is 1050. The van der Waals surface area contributed by atoms with Crippen LogP contribution in [0.25, 0.3) is 0 Å². The lowest BCUT2D eigenvalue weighted by Crippen LogP contribution is -2.55. The van der Waals surface area contributed by atoms with Crippen LogP contribution in [0, 0.1) is 6.92 Å². The van der Waals surface area contributed by atoms with Crippen molar-refractivity contribution in [3.05, 3.63) is 63.1 Å². The van der Waals surface area contributed by atoms with E-state index in [4.69, 9.17) is 28.0 Å². The molecule has 0 saturated carbocycles. The van der Waals surface area contributed by atoms with E-state index in [1.165, 1.54) is 25.1 Å². The predicted octanol–water partition coefficient (Wildman–Crippen LogP) is 5.50. The SMILES string of the molecule is CC(=O)N[N+](C)(C)c1cc(C2=NOC(c3cc(Cl)cc(Cl)c3)(C(F)(F)F)C2)ccc1C. The molecule has 31 heavy (non-hydrogen) atoms. The number of rotatable bonds is 4. The molecule has 0 spiro atoms. The summed E-state index contributed by atoms with van der Waals surface area (Å²) in [6.07, 6.45) is -5.32. The summed E-state index contributed by atoms with van der Waals surface area (Å²) in [4.78, 5) is 16.6. The van der Waals surface area contributed by atoms with Crippen LogP contribution in [-0.4, -0.2) is 31.9 Å². The topological polar surface area (TPSA) is 50.7 Å². The Morgan fingerprint density at radius 3 is 2.32 bits per heavy atom. The number of nitrogens with zero attached hydrogens (tertiary/aromatic N) is 2. The van der Waals surface area contributed by atoms with Gasteiger partial charge < -0.3 is 4.84 Å². The summed E-state index contributed by atoms with van der Waals surface area (Å²) in [7, 11) is 3.52. The molecule has 0 aromatic heterocycles. The van der Waals surface area contributed by atoms with Gasteiger partial charge in [-0.25, -0.2) is 0 Å². The van der Waals surface area contributed by atoms with E-state index in [0.717, 1.165) is 5.56 Å². The average molecular weight is 475 g/mol. The van der Waals surface area contributed by atoms with Crippen molar-refractivity contribution >= 4 is 40.5 Å². The zero-order valence-corrected chi connectivity index (χ0v) is 18.8. The van der Waals surface area contributed by atoms with E-state index in [0.29, 0.717) is 11.3 Å². The van der Waals surface area contributed by atoms with Gasteiger partial charge >= 0.3 is 6.18 Å². The number of amides is 1. The van der Waals surface area contributed by atoms with Gasteiger partial charge in [-0.3, -0.25) is 4.79 Å². The zero-order valence-electron chi connectivity index (χ0n) is 17.3. The van der Waals surface area contributed by atoms with Gasteiger partial charge in [-0.2, -0.15) is 23.2 Å². The first kappa shape index (κ1) is 23.4. The first-order chi connectivity index (χ1) is 14.2. The lowest BCUT2D eigenvalue weighted by atomic mass is 9.86. The average Bonchev–Trinajstić information content (AvgIpc) is 3.06. The highest BCUT2D eigenvalue weighted by Gasteiger charge is 2.62. The maximum absolute atomic E-state index is 14.2. The molecule has 1 N–H and O–H groups in total. The van der Waals surface area contributed by atoms with E-state index in [1.807, 2.05) is 6.92 Å². The summed E-state index contributed by atoms with van der Waals surface area (Å²) in [6, 6.07) is 8.84. The Balaban J connectivity index is 2.03. The molecule has 1 unspecified atom stereocenters. The molecule has 0 fully saturated rings. The number of alkyl halides is 3. The smallest absolute Gasteiger partial charge is 0.374 e. The van der Waals surface area contributed by atoms with Crippen molar-refractivity contribution in [2.75, 3.05) is 14.1 Å². The quantitative estimate of drug-likeness (QED) is 0.469. The van der Waals surface area contributed by atoms with Gasteiger partial charge in [0.05, 0.1) is 19.8 Å². The second-order valence-corrected chi connectivity index (χ2v) is 8.78. The Kier molecular flexibility index (Phi) is 6.03. The van der Waals surface area contributed by atoms with Crippen LogP contribution in [0.1, 0.15) is 30.0 Å². The number of halogens is 5. The minimum atomic E-state index is -4.77. The van der Waals surface area contributed by atoms with Gasteiger partial charge in [0.25, 0.3) is 11.5 Å². The molecule has 5 nitrogen and oxygen atoms in total. The van der Waals surface area contributed by atoms with Crippen LogP contribution >= 0.6 is 23.2 Å². The first-order valence-corrected chi connectivity index (χ1v) is 10.0. The Morgan fingerprint density at radius 2 is 1.77 bits per heavy atom. The molecule has 2 aromatic rings. The molecule has 2 aromatic carbocycles. The summed E-state index contributed by atoms with van der Waals surface area (Å²) in [5, 5.41) is 3.92. The maximum atomic E-state index is 14.2. The first-order valence-electron chi connectivity index (χ1n) is 9.28. The van der Waals surface area contributed by atoms with E-state index < -0.39 is 18.2 Å². The van der Waals surface area contributed by atoms with Crippen molar-refractivity contribution < 1.29 is 22.8 Å². The molecule has 1 atom stereocenters. The molecule has 1 amide bonds. The summed E-state index contributed by atoms with van der Waals surface area (Å²) >= 11 is 11.9. The van der Waals surface area contributed by atoms with Gasteiger partial charge in [0.15, 0.2) is 5.69 Å². The van der Waals surface area contributed by atoms with Gasteiger partial charge in [-0.1, -0.05) is 40.5 Å². The van der Waals surface area contributed by atoms with E-state index in [9.17, 15) is 18.0 Å². The van der Waals surface area contributed by atoms with Crippen molar-refractivity contribution in [3.63, 3.8) is 0 Å². The van der Waals surface area contributed by atoms with Gasteiger partial charge in [-0.15, -0.1) is 0 Å². The van der Waals surface area contributed by atoms with Gasteiger partial charge in [0.2, 0.25) is 0 Å². The second kappa shape index (κ2) is 8.00. The number of carbonyl (C=O) groups is 1. The number of aryl methyl sites for hydroxylation is 1. The fourth-order valence-electron chi connectivity index (χ4n) is 3.69. The molecule has 166 valence electrons. The molecular formula is C21H21Cl2F3N3O2+. The fraction of sp³-hybridized carbons (Fsp3) is 0.333. The molecule has 1 aliphatic rings. The Labute approximate surface area is 187 Å². The Morgan fingerprint density at radius 1 is 1.16 bits per heavy atom. The molecule has 1 heterocycles. The van der Waals surface area contributed by atoms with Crippen molar-refractivity contribution in [1.82, 2.24) is 10.0 Å². The molecule has 10 heteroatoms. The lowest BCUT2D eigenvalue weighted by molar-refractivity contribution is -0.275. The van der Waals surface area contributed by atoms with Gasteiger partial charge in [0.1, 0.15) is 0 Å². The predicted molar refractivity (Wildman–Crippen MR) is 115 cm³/mol. The van der Waals surface area contributed by atoms with E-state index in [1.54, 1.807) is 32.3 Å². The zero-order chi connectivity index (χ0) is 23.2. The standard InChI is InChI=1S/C21H20Cl2F3N3O2/c1-12-5-6-14(7-19(12)29(3,4)27-13(2)30)18-11-20(31-28-18,21(24,25)26)15-8-16(22)10-17(23)9-15/h5-10H,11H2,1-4H3/p+1. The molecule has 0 aliphatic carbocycles. The van der Waals surface area contributed by atoms with Crippen LogP contribution in [0.3, 0.4) is 0 Å². The number of carbonyl (C=O) groups excluding carboxylic acids is 1. The number of quaternary nitrogens is 1. The summed E-state index contributed by atoms with van der Waals surface area (Å²) in [5.74, 6) is -0.245. The van der Waals surface area contributed by atoms with E-state index in [2.05, 4.69) is 10.6 Å². The minimum Gasteiger partial charge on any atom is -0.374 e. The molecule has 0 bridgehead atoms. The number of benzene rings is 2. The lowest BCUT2D eigenvalue weighted by Gasteiger charge is -2.30. The third-order valence-electron chi connectivity index (χ3n) is 5.10. The largest absolute Gasteiger partial charge is 0.435 e. The van der Waals surface area contributed by atoms with Crippen LogP contribution in [0.15, 0.2) is 41.6 Å². The third-order valence-corrected chi connectivity index (χ3v) is 5.53.